The number of rotatable bonds is 5. The first-order valence-corrected chi connectivity index (χ1v) is 5.34. The van der Waals surface area contributed by atoms with Gasteiger partial charge in [-0.15, -0.1) is 0 Å². The molecule has 0 aliphatic rings. The lowest BCUT2D eigenvalue weighted by molar-refractivity contribution is -0.140. The first kappa shape index (κ1) is 14.6. The second-order valence-electron chi connectivity index (χ2n) is 3.64. The van der Waals surface area contributed by atoms with Gasteiger partial charge in [-0.3, -0.25) is 4.79 Å². The second kappa shape index (κ2) is 5.95. The van der Waals surface area contributed by atoms with Gasteiger partial charge >= 0.3 is 6.18 Å². The van der Waals surface area contributed by atoms with Gasteiger partial charge in [-0.2, -0.15) is 13.2 Å². The van der Waals surface area contributed by atoms with Crippen molar-refractivity contribution in [2.24, 2.45) is 0 Å². The highest BCUT2D eigenvalue weighted by Gasteiger charge is 2.35. The van der Waals surface area contributed by atoms with Crippen LogP contribution in [0.5, 0.6) is 0 Å². The summed E-state index contributed by atoms with van der Waals surface area (Å²) >= 11 is 0. The number of alkyl halides is 3. The predicted molar refractivity (Wildman–Crippen MR) is 56.8 cm³/mol. The van der Waals surface area contributed by atoms with Gasteiger partial charge in [0, 0.05) is 6.61 Å². The van der Waals surface area contributed by atoms with Gasteiger partial charge in [-0.1, -0.05) is 13.0 Å². The minimum Gasteiger partial charge on any atom is -0.373 e. The lowest BCUT2D eigenvalue weighted by atomic mass is 10.1. The van der Waals surface area contributed by atoms with Gasteiger partial charge < -0.3 is 4.74 Å². The highest BCUT2D eigenvalue weighted by molar-refractivity contribution is 5.97. The molecule has 6 heteroatoms. The van der Waals surface area contributed by atoms with Gasteiger partial charge in [0.1, 0.15) is 12.4 Å². The van der Waals surface area contributed by atoms with E-state index in [1.165, 1.54) is 0 Å². The number of carbonyl (C=O) groups is 1. The molecule has 0 unspecified atom stereocenters. The summed E-state index contributed by atoms with van der Waals surface area (Å²) in [7, 11) is 0. The Kier molecular flexibility index (Phi) is 4.84. The Labute approximate surface area is 102 Å². The zero-order valence-electron chi connectivity index (χ0n) is 9.68. The molecule has 0 N–H and O–H groups in total. The van der Waals surface area contributed by atoms with E-state index in [0.29, 0.717) is 19.1 Å². The van der Waals surface area contributed by atoms with Crippen LogP contribution in [0.1, 0.15) is 29.3 Å². The van der Waals surface area contributed by atoms with Gasteiger partial charge in [0.05, 0.1) is 11.1 Å². The molecule has 1 aromatic carbocycles. The van der Waals surface area contributed by atoms with E-state index in [9.17, 15) is 22.4 Å². The summed E-state index contributed by atoms with van der Waals surface area (Å²) in [5.74, 6) is -2.35. The third-order valence-electron chi connectivity index (χ3n) is 2.19. The Morgan fingerprint density at radius 2 is 2.00 bits per heavy atom. The second-order valence-corrected chi connectivity index (χ2v) is 3.64. The van der Waals surface area contributed by atoms with Gasteiger partial charge in [0.15, 0.2) is 5.78 Å². The molecule has 0 amide bonds. The van der Waals surface area contributed by atoms with E-state index in [2.05, 4.69) is 0 Å². The number of benzene rings is 1. The van der Waals surface area contributed by atoms with Crippen LogP contribution >= 0.6 is 0 Å². The summed E-state index contributed by atoms with van der Waals surface area (Å²) < 4.78 is 55.7. The average Bonchev–Trinajstić information content (AvgIpc) is 2.28. The van der Waals surface area contributed by atoms with Crippen LogP contribution in [-0.4, -0.2) is 19.0 Å². The molecule has 0 aliphatic carbocycles. The first-order chi connectivity index (χ1) is 8.38. The molecule has 0 spiro atoms. The summed E-state index contributed by atoms with van der Waals surface area (Å²) in [5, 5.41) is 0. The van der Waals surface area contributed by atoms with E-state index in [0.717, 1.165) is 12.1 Å². The Balaban J connectivity index is 2.93. The smallest absolute Gasteiger partial charge is 0.373 e. The number of ether oxygens (including phenoxy) is 1. The molecule has 2 nitrogen and oxygen atoms in total. The van der Waals surface area contributed by atoms with Crippen molar-refractivity contribution in [3.05, 3.63) is 35.1 Å². The normalized spacial score (nSPS) is 11.6. The van der Waals surface area contributed by atoms with Crippen LogP contribution in [0.2, 0.25) is 0 Å². The number of hydrogen-bond donors (Lipinski definition) is 0. The van der Waals surface area contributed by atoms with Gasteiger partial charge in [-0.05, 0) is 18.6 Å². The number of carbonyl (C=O) groups excluding carboxylic acids is 1. The van der Waals surface area contributed by atoms with Gasteiger partial charge in [-0.25, -0.2) is 4.39 Å². The largest absolute Gasteiger partial charge is 0.419 e. The molecule has 0 aliphatic heterocycles. The Hall–Kier alpha value is -1.43. The van der Waals surface area contributed by atoms with E-state index in [-0.39, 0.29) is 0 Å². The summed E-state index contributed by atoms with van der Waals surface area (Å²) in [6, 6.07) is 2.61. The lowest BCUT2D eigenvalue weighted by Gasteiger charge is -2.10. The summed E-state index contributed by atoms with van der Waals surface area (Å²) in [4.78, 5) is 11.5. The zero-order chi connectivity index (χ0) is 13.8. The maximum Gasteiger partial charge on any atom is 0.419 e. The van der Waals surface area contributed by atoms with Gasteiger partial charge in [0.2, 0.25) is 0 Å². The van der Waals surface area contributed by atoms with Crippen LogP contribution in [0, 0.1) is 5.82 Å². The minimum atomic E-state index is -4.81. The molecular weight excluding hydrogens is 252 g/mol. The Bertz CT molecular complexity index is 427. The molecule has 0 saturated carbocycles. The molecule has 0 radical (unpaired) electrons. The SMILES string of the molecule is CCCOCC(=O)c1cccc(C(F)(F)F)c1F. The van der Waals surface area contributed by atoms with Crippen molar-refractivity contribution < 1.29 is 27.1 Å². The van der Waals surface area contributed by atoms with Crippen LogP contribution in [-0.2, 0) is 10.9 Å². The molecule has 18 heavy (non-hydrogen) atoms. The van der Waals surface area contributed by atoms with Crippen molar-refractivity contribution in [1.82, 2.24) is 0 Å². The fourth-order valence-corrected chi connectivity index (χ4v) is 1.35. The number of Topliss-reactive ketones (excluding diaryl/α,β-unsaturated/α-hetero) is 1. The molecule has 0 saturated heterocycles. The molecule has 0 aromatic heterocycles. The fourth-order valence-electron chi connectivity index (χ4n) is 1.35. The van der Waals surface area contributed by atoms with E-state index >= 15 is 0 Å². The summed E-state index contributed by atoms with van der Waals surface area (Å²) in [5.41, 5.74) is -2.04. The van der Waals surface area contributed by atoms with E-state index in [1.807, 2.05) is 6.92 Å². The van der Waals surface area contributed by atoms with Crippen molar-refractivity contribution in [3.63, 3.8) is 0 Å². The van der Waals surface area contributed by atoms with E-state index in [1.54, 1.807) is 0 Å². The topological polar surface area (TPSA) is 26.3 Å². The summed E-state index contributed by atoms with van der Waals surface area (Å²) in [6.07, 6.45) is -4.15. The van der Waals surface area contributed by atoms with Crippen LogP contribution in [0.25, 0.3) is 0 Å². The fraction of sp³-hybridized carbons (Fsp3) is 0.417. The minimum absolute atomic E-state index is 0.298. The zero-order valence-corrected chi connectivity index (χ0v) is 9.68. The number of halogens is 4. The summed E-state index contributed by atoms with van der Waals surface area (Å²) in [6.45, 7) is 1.69. The molecule has 0 atom stereocenters. The monoisotopic (exact) mass is 264 g/mol. The quantitative estimate of drug-likeness (QED) is 0.462. The van der Waals surface area contributed by atoms with Crippen LogP contribution in [0.4, 0.5) is 17.6 Å². The number of hydrogen-bond acceptors (Lipinski definition) is 2. The number of ketones is 1. The molecule has 100 valence electrons. The maximum atomic E-state index is 13.5. The predicted octanol–water partition coefficient (Wildman–Crippen LogP) is 3.45. The van der Waals surface area contributed by atoms with Crippen LogP contribution in [0.3, 0.4) is 0 Å². The van der Waals surface area contributed by atoms with Crippen LogP contribution < -0.4 is 0 Å². The van der Waals surface area contributed by atoms with Crippen molar-refractivity contribution in [3.8, 4) is 0 Å². The molecule has 1 rings (SSSR count). The van der Waals surface area contributed by atoms with E-state index in [4.69, 9.17) is 4.74 Å². The van der Waals surface area contributed by atoms with Crippen LogP contribution in [0.15, 0.2) is 18.2 Å². The molecule has 0 heterocycles. The van der Waals surface area contributed by atoms with Crippen molar-refractivity contribution >= 4 is 5.78 Å². The van der Waals surface area contributed by atoms with Gasteiger partial charge in [0.25, 0.3) is 0 Å². The third kappa shape index (κ3) is 3.53. The Morgan fingerprint density at radius 1 is 1.33 bits per heavy atom. The first-order valence-electron chi connectivity index (χ1n) is 5.34. The average molecular weight is 264 g/mol. The van der Waals surface area contributed by atoms with Crippen molar-refractivity contribution in [2.45, 2.75) is 19.5 Å². The Morgan fingerprint density at radius 3 is 2.56 bits per heavy atom. The third-order valence-corrected chi connectivity index (χ3v) is 2.19. The van der Waals surface area contributed by atoms with Crippen molar-refractivity contribution in [1.29, 1.82) is 0 Å². The molecule has 0 bridgehead atoms. The lowest BCUT2D eigenvalue weighted by Crippen LogP contribution is -2.15. The van der Waals surface area contributed by atoms with E-state index < -0.39 is 35.5 Å². The molecular formula is C12H12F4O2. The molecule has 0 fully saturated rings. The van der Waals surface area contributed by atoms with Crippen molar-refractivity contribution in [2.75, 3.05) is 13.2 Å². The standard InChI is InChI=1S/C12H12F4O2/c1-2-6-18-7-10(17)8-4-3-5-9(11(8)13)12(14,15)16/h3-5H,2,6-7H2,1H3. The highest BCUT2D eigenvalue weighted by atomic mass is 19.4. The molecule has 1 aromatic rings. The highest BCUT2D eigenvalue weighted by Crippen LogP contribution is 2.32. The maximum absolute atomic E-state index is 13.5.